The average Bonchev–Trinajstić information content (AvgIpc) is 3.22. The highest BCUT2D eigenvalue weighted by atomic mass is 16.6. The van der Waals surface area contributed by atoms with Gasteiger partial charge >= 0.3 is 11.9 Å². The number of nitrogens with zero attached hydrogens (tertiary/aromatic N) is 2. The van der Waals surface area contributed by atoms with Crippen molar-refractivity contribution in [1.82, 2.24) is 14.9 Å². The third-order valence-electron chi connectivity index (χ3n) is 6.56. The van der Waals surface area contributed by atoms with Gasteiger partial charge in [0, 0.05) is 23.4 Å². The lowest BCUT2D eigenvalue weighted by molar-refractivity contribution is -0.175. The summed E-state index contributed by atoms with van der Waals surface area (Å²) >= 11 is 0. The van der Waals surface area contributed by atoms with Crippen LogP contribution in [-0.2, 0) is 36.0 Å². The van der Waals surface area contributed by atoms with Gasteiger partial charge in [0.2, 0.25) is 5.91 Å². The third kappa shape index (κ3) is 3.49. The maximum Gasteiger partial charge on any atom is 0.354 e. The number of fused-ring (bicyclic) bond motifs is 5. The lowest BCUT2D eigenvalue weighted by Crippen LogP contribution is -2.46. The summed E-state index contributed by atoms with van der Waals surface area (Å²) < 4.78 is 11.7. The molecule has 1 amide bonds. The fraction of sp³-hybridized carbons (Fsp3) is 0.269. The van der Waals surface area contributed by atoms with Crippen LogP contribution < -0.4 is 10.9 Å². The number of ether oxygens (including phenoxy) is 2. The molecule has 2 aliphatic rings. The number of hydrogen-bond acceptors (Lipinski definition) is 8. The van der Waals surface area contributed by atoms with Gasteiger partial charge in [0.15, 0.2) is 11.7 Å². The molecule has 2 N–H and O–H groups in total. The van der Waals surface area contributed by atoms with E-state index < -0.39 is 35.1 Å². The number of pyridine rings is 2. The number of benzene rings is 1. The molecule has 10 nitrogen and oxygen atoms in total. The Bertz CT molecular complexity index is 1560. The lowest BCUT2D eigenvalue weighted by Gasteiger charge is -2.35. The van der Waals surface area contributed by atoms with Gasteiger partial charge in [-0.05, 0) is 30.7 Å². The van der Waals surface area contributed by atoms with Gasteiger partial charge < -0.3 is 24.5 Å². The van der Waals surface area contributed by atoms with Gasteiger partial charge in [-0.2, -0.15) is 0 Å². The van der Waals surface area contributed by atoms with Gasteiger partial charge in [0.25, 0.3) is 5.56 Å². The maximum atomic E-state index is 13.8. The van der Waals surface area contributed by atoms with E-state index in [1.165, 1.54) is 11.5 Å². The predicted molar refractivity (Wildman–Crippen MR) is 127 cm³/mol. The molecule has 0 saturated heterocycles. The molecule has 5 rings (SSSR count). The van der Waals surface area contributed by atoms with E-state index in [1.54, 1.807) is 13.0 Å². The number of aliphatic hydroxyl groups is 1. The van der Waals surface area contributed by atoms with E-state index in [2.05, 4.69) is 5.32 Å². The summed E-state index contributed by atoms with van der Waals surface area (Å²) in [4.78, 5) is 55.4. The Morgan fingerprint density at radius 3 is 2.75 bits per heavy atom. The second kappa shape index (κ2) is 8.42. The standard InChI is InChI=1S/C26H23N3O7/c1-4-26(34)16-10-19-22-15(9-14-7-5-6-8-17(14)28-22)12-29(19)23(31)21(16)20(36-25(26)33)11-18(24(32)35-3)27-13(2)30/h5-11,20,34H,4,12H2,1-3H3,(H,27,30)/b18-11-/t20?,26-/m0/s1. The van der Waals surface area contributed by atoms with Crippen LogP contribution in [0.1, 0.15) is 43.1 Å². The predicted octanol–water partition coefficient (Wildman–Crippen LogP) is 1.81. The first kappa shape index (κ1) is 23.4. The van der Waals surface area contributed by atoms with E-state index in [-0.39, 0.29) is 29.8 Å². The van der Waals surface area contributed by atoms with E-state index in [1.807, 2.05) is 30.3 Å². The van der Waals surface area contributed by atoms with Crippen LogP contribution in [0.25, 0.3) is 22.3 Å². The van der Waals surface area contributed by atoms with Crippen LogP contribution in [0.15, 0.2) is 53.0 Å². The molecule has 2 atom stereocenters. The van der Waals surface area contributed by atoms with Crippen LogP contribution in [0.5, 0.6) is 0 Å². The highest BCUT2D eigenvalue weighted by molar-refractivity contribution is 5.93. The number of para-hydroxylation sites is 1. The van der Waals surface area contributed by atoms with Crippen molar-refractivity contribution in [3.63, 3.8) is 0 Å². The van der Waals surface area contributed by atoms with Gasteiger partial charge in [-0.1, -0.05) is 25.1 Å². The van der Waals surface area contributed by atoms with Crippen molar-refractivity contribution in [2.45, 2.75) is 38.5 Å². The topological polar surface area (TPSA) is 137 Å². The normalized spacial score (nSPS) is 20.3. The number of esters is 2. The van der Waals surface area contributed by atoms with Crippen molar-refractivity contribution in [2.24, 2.45) is 0 Å². The first-order chi connectivity index (χ1) is 17.2. The molecule has 36 heavy (non-hydrogen) atoms. The Kier molecular flexibility index (Phi) is 5.48. The van der Waals surface area contributed by atoms with Crippen LogP contribution >= 0.6 is 0 Å². The van der Waals surface area contributed by atoms with E-state index in [0.717, 1.165) is 29.7 Å². The molecule has 1 unspecified atom stereocenters. The minimum absolute atomic E-state index is 0.00758. The van der Waals surface area contributed by atoms with E-state index >= 15 is 0 Å². The lowest BCUT2D eigenvalue weighted by atomic mass is 9.83. The van der Waals surface area contributed by atoms with Crippen molar-refractivity contribution >= 4 is 28.7 Å². The number of aromatic nitrogens is 2. The van der Waals surface area contributed by atoms with Crippen molar-refractivity contribution in [1.29, 1.82) is 0 Å². The van der Waals surface area contributed by atoms with Gasteiger partial charge in [-0.3, -0.25) is 9.59 Å². The summed E-state index contributed by atoms with van der Waals surface area (Å²) in [5.41, 5.74) is -0.173. The Hall–Kier alpha value is -4.31. The number of carbonyl (C=O) groups is 3. The number of carbonyl (C=O) groups excluding carboxylic acids is 3. The average molecular weight is 489 g/mol. The molecule has 3 aromatic rings. The minimum atomic E-state index is -2.08. The van der Waals surface area contributed by atoms with Gasteiger partial charge in [-0.15, -0.1) is 0 Å². The van der Waals surface area contributed by atoms with Crippen LogP contribution in [-0.4, -0.2) is 39.6 Å². The van der Waals surface area contributed by atoms with Crippen LogP contribution in [0.4, 0.5) is 0 Å². The van der Waals surface area contributed by atoms with Gasteiger partial charge in [-0.25, -0.2) is 14.6 Å². The van der Waals surface area contributed by atoms with E-state index in [0.29, 0.717) is 11.4 Å². The number of rotatable bonds is 4. The number of cyclic esters (lactones) is 1. The minimum Gasteiger partial charge on any atom is -0.464 e. The summed E-state index contributed by atoms with van der Waals surface area (Å²) in [5, 5.41) is 14.6. The molecule has 0 fully saturated rings. The zero-order chi connectivity index (χ0) is 25.8. The van der Waals surface area contributed by atoms with Crippen molar-refractivity contribution < 1.29 is 29.0 Å². The van der Waals surface area contributed by atoms with E-state index in [9.17, 15) is 24.3 Å². The number of hydrogen-bond donors (Lipinski definition) is 2. The second-order valence-electron chi connectivity index (χ2n) is 8.73. The largest absolute Gasteiger partial charge is 0.464 e. The fourth-order valence-corrected chi connectivity index (χ4v) is 4.75. The van der Waals surface area contributed by atoms with Gasteiger partial charge in [0.1, 0.15) is 5.70 Å². The molecule has 0 spiro atoms. The summed E-state index contributed by atoms with van der Waals surface area (Å²) in [6.07, 6.45) is -0.255. The van der Waals surface area contributed by atoms with Crippen LogP contribution in [0.2, 0.25) is 0 Å². The number of methoxy groups -OCH3 is 1. The molecule has 0 bridgehead atoms. The fourth-order valence-electron chi connectivity index (χ4n) is 4.75. The molecule has 1 aromatic carbocycles. The molecule has 4 heterocycles. The van der Waals surface area contributed by atoms with Crippen LogP contribution in [0, 0.1) is 0 Å². The Morgan fingerprint density at radius 2 is 2.06 bits per heavy atom. The molecule has 10 heteroatoms. The van der Waals surface area contributed by atoms with Crippen molar-refractivity contribution in [2.75, 3.05) is 7.11 Å². The first-order valence-corrected chi connectivity index (χ1v) is 11.4. The van der Waals surface area contributed by atoms with Crippen LogP contribution in [0.3, 0.4) is 0 Å². The molecule has 2 aliphatic heterocycles. The van der Waals surface area contributed by atoms with Crippen molar-refractivity contribution in [3.8, 4) is 11.4 Å². The molecule has 0 radical (unpaired) electrons. The molecule has 0 aliphatic carbocycles. The summed E-state index contributed by atoms with van der Waals surface area (Å²) in [7, 11) is 1.13. The molecule has 184 valence electrons. The second-order valence-corrected chi connectivity index (χ2v) is 8.73. The number of nitrogens with one attached hydrogen (secondary N) is 1. The van der Waals surface area contributed by atoms with Crippen molar-refractivity contribution in [3.05, 3.63) is 75.2 Å². The quantitative estimate of drug-likeness (QED) is 0.327. The Balaban J connectivity index is 1.75. The smallest absolute Gasteiger partial charge is 0.354 e. The monoisotopic (exact) mass is 489 g/mol. The summed E-state index contributed by atoms with van der Waals surface area (Å²) in [5.74, 6) is -2.41. The third-order valence-corrected chi connectivity index (χ3v) is 6.56. The summed E-state index contributed by atoms with van der Waals surface area (Å²) in [6, 6.07) is 11.1. The highest BCUT2D eigenvalue weighted by Crippen LogP contribution is 2.42. The molecular formula is C26H23N3O7. The SMILES string of the molecule is CC[C@@]1(O)C(=O)OC(/C=C(\NC(C)=O)C(=O)OC)c2c1cc1n(c2=O)Cc2cc3ccccc3nc2-1. The Morgan fingerprint density at radius 1 is 1.31 bits per heavy atom. The number of amides is 1. The zero-order valence-corrected chi connectivity index (χ0v) is 19.8. The Labute approximate surface area is 205 Å². The molecule has 0 saturated carbocycles. The first-order valence-electron chi connectivity index (χ1n) is 11.4. The summed E-state index contributed by atoms with van der Waals surface area (Å²) in [6.45, 7) is 3.03. The highest BCUT2D eigenvalue weighted by Gasteiger charge is 2.48. The molecular weight excluding hydrogens is 466 g/mol. The van der Waals surface area contributed by atoms with E-state index in [4.69, 9.17) is 14.5 Å². The maximum absolute atomic E-state index is 13.8. The molecule has 2 aromatic heterocycles. The zero-order valence-electron chi connectivity index (χ0n) is 19.8. The van der Waals surface area contributed by atoms with Gasteiger partial charge in [0.05, 0.1) is 36.1 Å².